The van der Waals surface area contributed by atoms with Gasteiger partial charge in [0.15, 0.2) is 0 Å². The molecule has 0 radical (unpaired) electrons. The van der Waals surface area contributed by atoms with Gasteiger partial charge in [-0.05, 0) is 42.9 Å². The zero-order chi connectivity index (χ0) is 15.2. The van der Waals surface area contributed by atoms with Gasteiger partial charge < -0.3 is 4.74 Å². The zero-order valence-electron chi connectivity index (χ0n) is 12.2. The van der Waals surface area contributed by atoms with E-state index in [0.29, 0.717) is 11.5 Å². The molecule has 1 unspecified atom stereocenters. The van der Waals surface area contributed by atoms with Crippen LogP contribution in [-0.4, -0.2) is 23.3 Å². The van der Waals surface area contributed by atoms with Gasteiger partial charge in [-0.25, -0.2) is 4.79 Å². The maximum Gasteiger partial charge on any atom is 0.341 e. The molecule has 2 rings (SSSR count). The van der Waals surface area contributed by atoms with E-state index in [2.05, 4.69) is 57.3 Å². The third kappa shape index (κ3) is 4.43. The van der Waals surface area contributed by atoms with E-state index >= 15 is 0 Å². The van der Waals surface area contributed by atoms with Crippen LogP contribution in [0, 0.1) is 5.92 Å². The topological polar surface area (TPSA) is 55.0 Å². The first-order valence-corrected chi connectivity index (χ1v) is 7.74. The molecule has 1 heterocycles. The van der Waals surface area contributed by atoms with E-state index in [9.17, 15) is 4.79 Å². The Kier molecular flexibility index (Phi) is 5.56. The SMILES string of the molecule is COC(=O)c1cn[nH]c1CCC(C)Cc1ccc(Br)cc1. The van der Waals surface area contributed by atoms with Crippen molar-refractivity contribution in [2.75, 3.05) is 7.11 Å². The highest BCUT2D eigenvalue weighted by atomic mass is 79.9. The van der Waals surface area contributed by atoms with Crippen LogP contribution in [0.25, 0.3) is 0 Å². The summed E-state index contributed by atoms with van der Waals surface area (Å²) in [7, 11) is 1.38. The van der Waals surface area contributed by atoms with E-state index in [1.807, 2.05) is 0 Å². The Bertz CT molecular complexity index is 593. The van der Waals surface area contributed by atoms with Gasteiger partial charge in [0.05, 0.1) is 13.3 Å². The van der Waals surface area contributed by atoms with Crippen LogP contribution in [0.1, 0.15) is 35.0 Å². The molecule has 1 N–H and O–H groups in total. The number of esters is 1. The molecule has 112 valence electrons. The lowest BCUT2D eigenvalue weighted by Gasteiger charge is -2.11. The summed E-state index contributed by atoms with van der Waals surface area (Å²) in [4.78, 5) is 11.6. The molecule has 1 aromatic carbocycles. The summed E-state index contributed by atoms with van der Waals surface area (Å²) in [6, 6.07) is 8.39. The van der Waals surface area contributed by atoms with E-state index in [-0.39, 0.29) is 5.97 Å². The summed E-state index contributed by atoms with van der Waals surface area (Å²) in [5.74, 6) is 0.194. The number of methoxy groups -OCH3 is 1. The lowest BCUT2D eigenvalue weighted by molar-refractivity contribution is 0.0599. The monoisotopic (exact) mass is 350 g/mol. The van der Waals surface area contributed by atoms with Gasteiger partial charge in [0.2, 0.25) is 0 Å². The van der Waals surface area contributed by atoms with Gasteiger partial charge in [-0.1, -0.05) is 35.0 Å². The van der Waals surface area contributed by atoms with E-state index in [0.717, 1.165) is 29.4 Å². The molecule has 0 saturated carbocycles. The second kappa shape index (κ2) is 7.41. The van der Waals surface area contributed by atoms with Crippen molar-refractivity contribution < 1.29 is 9.53 Å². The van der Waals surface area contributed by atoms with Crippen molar-refractivity contribution >= 4 is 21.9 Å². The Balaban J connectivity index is 1.89. The van der Waals surface area contributed by atoms with Crippen molar-refractivity contribution in [1.82, 2.24) is 10.2 Å². The highest BCUT2D eigenvalue weighted by molar-refractivity contribution is 9.10. The number of aromatic nitrogens is 2. The molecule has 0 aliphatic rings. The molecular weight excluding hydrogens is 332 g/mol. The normalized spacial score (nSPS) is 12.1. The minimum absolute atomic E-state index is 0.334. The van der Waals surface area contributed by atoms with E-state index < -0.39 is 0 Å². The van der Waals surface area contributed by atoms with Gasteiger partial charge in [0, 0.05) is 10.2 Å². The second-order valence-corrected chi connectivity index (χ2v) is 6.14. The second-order valence-electron chi connectivity index (χ2n) is 5.23. The third-order valence-electron chi connectivity index (χ3n) is 3.51. The third-order valence-corrected chi connectivity index (χ3v) is 4.04. The zero-order valence-corrected chi connectivity index (χ0v) is 13.8. The first-order valence-electron chi connectivity index (χ1n) is 6.95. The number of H-pyrrole nitrogens is 1. The molecule has 0 amide bonds. The molecular formula is C16H19BrN2O2. The highest BCUT2D eigenvalue weighted by Crippen LogP contribution is 2.18. The molecule has 0 spiro atoms. The Hall–Kier alpha value is -1.62. The molecule has 21 heavy (non-hydrogen) atoms. The van der Waals surface area contributed by atoms with Crippen LogP contribution in [0.15, 0.2) is 34.9 Å². The number of nitrogens with one attached hydrogen (secondary N) is 1. The number of hydrogen-bond acceptors (Lipinski definition) is 3. The first-order chi connectivity index (χ1) is 10.1. The van der Waals surface area contributed by atoms with Gasteiger partial charge in [-0.15, -0.1) is 0 Å². The Morgan fingerprint density at radius 2 is 2.10 bits per heavy atom. The molecule has 1 atom stereocenters. The summed E-state index contributed by atoms with van der Waals surface area (Å²) in [6.45, 7) is 2.22. The number of ether oxygens (including phenoxy) is 1. The maximum atomic E-state index is 11.6. The van der Waals surface area contributed by atoms with Crippen LogP contribution in [-0.2, 0) is 17.6 Å². The van der Waals surface area contributed by atoms with Gasteiger partial charge in [-0.2, -0.15) is 5.10 Å². The Morgan fingerprint density at radius 1 is 1.38 bits per heavy atom. The van der Waals surface area contributed by atoms with Crippen LogP contribution < -0.4 is 0 Å². The average Bonchev–Trinajstić information content (AvgIpc) is 2.95. The average molecular weight is 351 g/mol. The molecule has 5 heteroatoms. The molecule has 0 bridgehead atoms. The van der Waals surface area contributed by atoms with Crippen molar-refractivity contribution in [2.24, 2.45) is 5.92 Å². The van der Waals surface area contributed by atoms with Gasteiger partial charge in [0.1, 0.15) is 5.56 Å². The van der Waals surface area contributed by atoms with Gasteiger partial charge in [0.25, 0.3) is 0 Å². The maximum absolute atomic E-state index is 11.6. The minimum Gasteiger partial charge on any atom is -0.465 e. The van der Waals surface area contributed by atoms with Gasteiger partial charge >= 0.3 is 5.97 Å². The van der Waals surface area contributed by atoms with Crippen LogP contribution in [0.3, 0.4) is 0 Å². The largest absolute Gasteiger partial charge is 0.465 e. The highest BCUT2D eigenvalue weighted by Gasteiger charge is 2.14. The summed E-state index contributed by atoms with van der Waals surface area (Å²) in [5.41, 5.74) is 2.71. The van der Waals surface area contributed by atoms with E-state index in [1.165, 1.54) is 18.9 Å². The van der Waals surface area contributed by atoms with Crippen LogP contribution >= 0.6 is 15.9 Å². The van der Waals surface area contributed by atoms with Crippen molar-refractivity contribution in [3.8, 4) is 0 Å². The van der Waals surface area contributed by atoms with Crippen molar-refractivity contribution in [2.45, 2.75) is 26.2 Å². The molecule has 1 aromatic heterocycles. The van der Waals surface area contributed by atoms with Crippen LogP contribution in [0.5, 0.6) is 0 Å². The number of aryl methyl sites for hydroxylation is 1. The van der Waals surface area contributed by atoms with Crippen LogP contribution in [0.2, 0.25) is 0 Å². The number of nitrogens with zero attached hydrogens (tertiary/aromatic N) is 1. The minimum atomic E-state index is -0.334. The van der Waals surface area contributed by atoms with Gasteiger partial charge in [-0.3, -0.25) is 5.10 Å². The number of carbonyl (C=O) groups is 1. The molecule has 4 nitrogen and oxygen atoms in total. The number of hydrogen-bond donors (Lipinski definition) is 1. The Labute approximate surface area is 133 Å². The predicted octanol–water partition coefficient (Wildman–Crippen LogP) is 3.77. The summed E-state index contributed by atoms with van der Waals surface area (Å²) in [6.07, 6.45) is 4.33. The predicted molar refractivity (Wildman–Crippen MR) is 85.3 cm³/mol. The first kappa shape index (κ1) is 15.8. The Morgan fingerprint density at radius 3 is 2.76 bits per heavy atom. The summed E-state index contributed by atoms with van der Waals surface area (Å²) >= 11 is 3.44. The number of aromatic amines is 1. The number of carbonyl (C=O) groups excluding carboxylic acids is 1. The standard InChI is InChI=1S/C16H19BrN2O2/c1-11(9-12-4-6-13(17)7-5-12)3-8-15-14(10-18-19-15)16(20)21-2/h4-7,10-11H,3,8-9H2,1-2H3,(H,18,19). The van der Waals surface area contributed by atoms with Crippen molar-refractivity contribution in [3.05, 3.63) is 51.8 Å². The number of benzene rings is 1. The molecule has 0 aliphatic carbocycles. The summed E-state index contributed by atoms with van der Waals surface area (Å²) < 4.78 is 5.84. The lowest BCUT2D eigenvalue weighted by Crippen LogP contribution is -2.07. The molecule has 0 aliphatic heterocycles. The fourth-order valence-electron chi connectivity index (χ4n) is 2.30. The number of halogens is 1. The molecule has 2 aromatic rings. The van der Waals surface area contributed by atoms with Crippen LogP contribution in [0.4, 0.5) is 0 Å². The quantitative estimate of drug-likeness (QED) is 0.806. The van der Waals surface area contributed by atoms with Crippen molar-refractivity contribution in [1.29, 1.82) is 0 Å². The number of rotatable bonds is 6. The smallest absolute Gasteiger partial charge is 0.341 e. The molecule has 0 fully saturated rings. The molecule has 0 saturated heterocycles. The fraction of sp³-hybridized carbons (Fsp3) is 0.375. The summed E-state index contributed by atoms with van der Waals surface area (Å²) in [5, 5.41) is 6.82. The van der Waals surface area contributed by atoms with E-state index in [1.54, 1.807) is 0 Å². The lowest BCUT2D eigenvalue weighted by atomic mass is 9.95. The van der Waals surface area contributed by atoms with E-state index in [4.69, 9.17) is 4.74 Å². The van der Waals surface area contributed by atoms with Crippen molar-refractivity contribution in [3.63, 3.8) is 0 Å². The fourth-order valence-corrected chi connectivity index (χ4v) is 2.57.